The second-order valence-corrected chi connectivity index (χ2v) is 9.46. The van der Waals surface area contributed by atoms with Crippen LogP contribution in [0.3, 0.4) is 0 Å². The first kappa shape index (κ1) is 24.4. The fraction of sp³-hybridized carbons (Fsp3) is 0.185. The van der Waals surface area contributed by atoms with Crippen molar-refractivity contribution in [2.75, 3.05) is 13.1 Å². The van der Waals surface area contributed by atoms with E-state index in [2.05, 4.69) is 15.2 Å². The van der Waals surface area contributed by atoms with Crippen LogP contribution in [0.5, 0.6) is 0 Å². The minimum Gasteiger partial charge on any atom is -0.333 e. The molecule has 2 aromatic carbocycles. The minimum absolute atomic E-state index is 0.184. The van der Waals surface area contributed by atoms with Crippen LogP contribution < -0.4 is 5.32 Å². The second-order valence-electron chi connectivity index (χ2n) is 8.62. The average molecular weight is 527 g/mol. The van der Waals surface area contributed by atoms with Crippen molar-refractivity contribution < 1.29 is 13.6 Å². The number of pyridine rings is 1. The number of fused-ring (bicyclic) bond motifs is 3. The van der Waals surface area contributed by atoms with Crippen LogP contribution in [-0.2, 0) is 19.5 Å². The summed E-state index contributed by atoms with van der Waals surface area (Å²) in [4.78, 5) is 19.1. The average Bonchev–Trinajstić information content (AvgIpc) is 3.17. The van der Waals surface area contributed by atoms with Crippen LogP contribution >= 0.6 is 23.2 Å². The third-order valence-corrected chi connectivity index (χ3v) is 6.81. The van der Waals surface area contributed by atoms with Crippen molar-refractivity contribution in [2.45, 2.75) is 19.5 Å². The lowest BCUT2D eigenvalue weighted by molar-refractivity contribution is 0.240. The van der Waals surface area contributed by atoms with E-state index in [-0.39, 0.29) is 18.4 Å². The molecule has 184 valence electrons. The van der Waals surface area contributed by atoms with Crippen molar-refractivity contribution in [2.24, 2.45) is 0 Å². The predicted molar refractivity (Wildman–Crippen MR) is 138 cm³/mol. The molecule has 0 atom stereocenters. The number of nitrogens with one attached hydrogen (secondary N) is 1. The molecule has 1 N–H and O–H groups in total. The van der Waals surface area contributed by atoms with Crippen LogP contribution in [0.1, 0.15) is 22.4 Å². The van der Waals surface area contributed by atoms with Crippen molar-refractivity contribution in [1.82, 2.24) is 19.8 Å². The summed E-state index contributed by atoms with van der Waals surface area (Å²) < 4.78 is 28.4. The summed E-state index contributed by atoms with van der Waals surface area (Å²) in [5, 5.41) is 4.78. The number of aromatic nitrogens is 2. The monoisotopic (exact) mass is 526 g/mol. The number of halogens is 4. The molecule has 1 amide bonds. The maximum absolute atomic E-state index is 13.4. The summed E-state index contributed by atoms with van der Waals surface area (Å²) in [6.07, 6.45) is 5.92. The van der Waals surface area contributed by atoms with E-state index >= 15 is 0 Å². The number of rotatable bonds is 5. The van der Waals surface area contributed by atoms with Gasteiger partial charge < -0.3 is 5.32 Å². The quantitative estimate of drug-likeness (QED) is 0.304. The molecular weight excluding hydrogens is 505 g/mol. The lowest BCUT2D eigenvalue weighted by atomic mass is 10.0. The Labute approximate surface area is 216 Å². The van der Waals surface area contributed by atoms with E-state index in [1.165, 1.54) is 24.4 Å². The first-order valence-electron chi connectivity index (χ1n) is 11.4. The van der Waals surface area contributed by atoms with Gasteiger partial charge in [-0.05, 0) is 59.2 Å². The molecule has 0 unspecified atom stereocenters. The van der Waals surface area contributed by atoms with E-state index in [1.807, 2.05) is 24.3 Å². The highest BCUT2D eigenvalue weighted by Gasteiger charge is 2.26. The Hall–Kier alpha value is -3.26. The Morgan fingerprint density at radius 3 is 2.78 bits per heavy atom. The van der Waals surface area contributed by atoms with Gasteiger partial charge >= 0.3 is 6.03 Å². The molecule has 4 aromatic rings. The van der Waals surface area contributed by atoms with E-state index in [9.17, 15) is 13.6 Å². The molecule has 2 aromatic heterocycles. The molecule has 5 rings (SSSR count). The molecule has 0 aliphatic carbocycles. The molecule has 0 bridgehead atoms. The first-order valence-corrected chi connectivity index (χ1v) is 12.2. The normalized spacial score (nSPS) is 13.9. The van der Waals surface area contributed by atoms with Crippen molar-refractivity contribution in [3.63, 3.8) is 0 Å². The fourth-order valence-corrected chi connectivity index (χ4v) is 4.95. The molecule has 3 heterocycles. The highest BCUT2D eigenvalue weighted by Crippen LogP contribution is 2.33. The van der Waals surface area contributed by atoms with Crippen molar-refractivity contribution in [3.8, 4) is 0 Å². The van der Waals surface area contributed by atoms with Gasteiger partial charge in [-0.3, -0.25) is 9.47 Å². The molecular formula is C27H22Cl2F2N4O. The van der Waals surface area contributed by atoms with Crippen LogP contribution in [0.25, 0.3) is 17.0 Å². The smallest absolute Gasteiger partial charge is 0.326 e. The van der Waals surface area contributed by atoms with E-state index in [1.54, 1.807) is 22.8 Å². The standard InChI is InChI=1S/C27H22Cl2F2N4O/c28-19-4-6-24-21(13-19)22-16-34(10-1-2-18-3-5-20(30)14-23(18)29)11-8-25(22)35(24)27(36)33-15-17-7-9-32-26(31)12-17/h1-7,9,12-14H,8,10-11,15-16H2,(H,33,36)/b2-1+. The summed E-state index contributed by atoms with van der Waals surface area (Å²) in [6.45, 7) is 2.24. The minimum atomic E-state index is -0.587. The van der Waals surface area contributed by atoms with Gasteiger partial charge in [-0.25, -0.2) is 14.2 Å². The van der Waals surface area contributed by atoms with Gasteiger partial charge in [0.25, 0.3) is 0 Å². The van der Waals surface area contributed by atoms with Gasteiger partial charge in [-0.1, -0.05) is 41.4 Å². The van der Waals surface area contributed by atoms with Crippen molar-refractivity contribution >= 4 is 46.2 Å². The third-order valence-electron chi connectivity index (χ3n) is 6.25. The van der Waals surface area contributed by atoms with Gasteiger partial charge in [0, 0.05) is 54.9 Å². The molecule has 1 aliphatic heterocycles. The third kappa shape index (κ3) is 5.14. The number of benzene rings is 2. The summed E-state index contributed by atoms with van der Waals surface area (Å²) >= 11 is 12.4. The maximum atomic E-state index is 13.4. The zero-order valence-electron chi connectivity index (χ0n) is 19.1. The van der Waals surface area contributed by atoms with E-state index in [4.69, 9.17) is 23.2 Å². The molecule has 0 fully saturated rings. The summed E-state index contributed by atoms with van der Waals surface area (Å²) in [7, 11) is 0. The lowest BCUT2D eigenvalue weighted by Crippen LogP contribution is -2.34. The maximum Gasteiger partial charge on any atom is 0.326 e. The summed E-state index contributed by atoms with van der Waals surface area (Å²) in [5.74, 6) is -0.955. The molecule has 5 nitrogen and oxygen atoms in total. The first-order chi connectivity index (χ1) is 17.4. The molecule has 9 heteroatoms. The SMILES string of the molecule is O=C(NCc1ccnc(F)c1)n1c2c(c3cc(Cl)ccc31)CN(C/C=C/c1ccc(F)cc1Cl)CC2. The summed E-state index contributed by atoms with van der Waals surface area (Å²) in [5.41, 5.74) is 4.15. The number of nitrogens with zero attached hydrogens (tertiary/aromatic N) is 3. The summed E-state index contributed by atoms with van der Waals surface area (Å²) in [6, 6.07) is 12.5. The predicted octanol–water partition coefficient (Wildman–Crippen LogP) is 6.45. The Kier molecular flexibility index (Phi) is 7.05. The van der Waals surface area contributed by atoms with E-state index in [0.29, 0.717) is 35.1 Å². The Morgan fingerprint density at radius 2 is 1.97 bits per heavy atom. The second kappa shape index (κ2) is 10.4. The largest absolute Gasteiger partial charge is 0.333 e. The van der Waals surface area contributed by atoms with Crippen molar-refractivity contribution in [1.29, 1.82) is 0 Å². The van der Waals surface area contributed by atoms with Gasteiger partial charge in [-0.2, -0.15) is 4.39 Å². The van der Waals surface area contributed by atoms with Gasteiger partial charge in [0.1, 0.15) is 5.82 Å². The number of hydrogen-bond donors (Lipinski definition) is 1. The van der Waals surface area contributed by atoms with Gasteiger partial charge in [0.2, 0.25) is 5.95 Å². The van der Waals surface area contributed by atoms with Crippen LogP contribution in [0.4, 0.5) is 13.6 Å². The van der Waals surface area contributed by atoms with E-state index in [0.717, 1.165) is 34.3 Å². The molecule has 1 aliphatic rings. The number of hydrogen-bond acceptors (Lipinski definition) is 3. The number of carbonyl (C=O) groups excluding carboxylic acids is 1. The highest BCUT2D eigenvalue weighted by atomic mass is 35.5. The molecule has 0 saturated heterocycles. The topological polar surface area (TPSA) is 50.2 Å². The Balaban J connectivity index is 1.37. The van der Waals surface area contributed by atoms with Crippen LogP contribution in [0.2, 0.25) is 10.0 Å². The Morgan fingerprint density at radius 1 is 1.11 bits per heavy atom. The van der Waals surface area contributed by atoms with Crippen LogP contribution in [0.15, 0.2) is 60.8 Å². The molecule has 0 saturated carbocycles. The number of carbonyl (C=O) groups is 1. The van der Waals surface area contributed by atoms with Gasteiger partial charge in [0.15, 0.2) is 0 Å². The van der Waals surface area contributed by atoms with Crippen LogP contribution in [0, 0.1) is 11.8 Å². The Bertz CT molecular complexity index is 1480. The fourth-order valence-electron chi connectivity index (χ4n) is 4.55. The van der Waals surface area contributed by atoms with Crippen LogP contribution in [-0.4, -0.2) is 33.6 Å². The molecule has 36 heavy (non-hydrogen) atoms. The van der Waals surface area contributed by atoms with Gasteiger partial charge in [-0.15, -0.1) is 0 Å². The number of amides is 1. The molecule has 0 radical (unpaired) electrons. The van der Waals surface area contributed by atoms with Gasteiger partial charge in [0.05, 0.1) is 10.5 Å². The zero-order chi connectivity index (χ0) is 25.2. The van der Waals surface area contributed by atoms with E-state index < -0.39 is 5.95 Å². The lowest BCUT2D eigenvalue weighted by Gasteiger charge is -2.27. The van der Waals surface area contributed by atoms with Crippen molar-refractivity contribution in [3.05, 3.63) is 105 Å². The molecule has 0 spiro atoms. The highest BCUT2D eigenvalue weighted by molar-refractivity contribution is 6.32. The zero-order valence-corrected chi connectivity index (χ0v) is 20.7.